The standard InChI is InChI=1S/C16H24N4O4S/c1-11-4-5-12(25(17,22)23)8-13(11)18-16(21)19-14-9-24-10-15(14)20-6-2-3-7-20/h4-5,8,14-15H,2-3,6-7,9-10H2,1H3,(H2,17,22,23)(H2,18,19,21)/t14-,15-/m0/s1. The first-order valence-corrected chi connectivity index (χ1v) is 9.92. The molecule has 2 fully saturated rings. The number of primary sulfonamides is 1. The fraction of sp³-hybridized carbons (Fsp3) is 0.562. The lowest BCUT2D eigenvalue weighted by Crippen LogP contribution is -2.51. The van der Waals surface area contributed by atoms with E-state index in [-0.39, 0.29) is 23.0 Å². The summed E-state index contributed by atoms with van der Waals surface area (Å²) >= 11 is 0. The highest BCUT2D eigenvalue weighted by Gasteiger charge is 2.35. The van der Waals surface area contributed by atoms with Crippen LogP contribution >= 0.6 is 0 Å². The van der Waals surface area contributed by atoms with Gasteiger partial charge in [-0.25, -0.2) is 18.4 Å². The van der Waals surface area contributed by atoms with E-state index in [4.69, 9.17) is 9.88 Å². The summed E-state index contributed by atoms with van der Waals surface area (Å²) in [5.74, 6) is 0. The van der Waals surface area contributed by atoms with Gasteiger partial charge in [-0.15, -0.1) is 0 Å². The Morgan fingerprint density at radius 1 is 1.28 bits per heavy atom. The Kier molecular flexibility index (Phi) is 5.28. The number of hydrogen-bond acceptors (Lipinski definition) is 5. The quantitative estimate of drug-likeness (QED) is 0.721. The number of nitrogens with zero attached hydrogens (tertiary/aromatic N) is 1. The first-order valence-electron chi connectivity index (χ1n) is 8.37. The molecule has 8 nitrogen and oxygen atoms in total. The van der Waals surface area contributed by atoms with Crippen LogP contribution in [0.3, 0.4) is 0 Å². The van der Waals surface area contributed by atoms with Gasteiger partial charge in [0.2, 0.25) is 10.0 Å². The zero-order chi connectivity index (χ0) is 18.0. The van der Waals surface area contributed by atoms with Gasteiger partial charge < -0.3 is 15.4 Å². The number of amides is 2. The molecule has 9 heteroatoms. The number of aryl methyl sites for hydroxylation is 1. The van der Waals surface area contributed by atoms with E-state index in [1.807, 2.05) is 0 Å². The number of sulfonamides is 1. The summed E-state index contributed by atoms with van der Waals surface area (Å²) < 4.78 is 28.5. The Morgan fingerprint density at radius 3 is 2.68 bits per heavy atom. The van der Waals surface area contributed by atoms with Gasteiger partial charge in [0.15, 0.2) is 0 Å². The molecule has 2 amide bonds. The van der Waals surface area contributed by atoms with Crippen molar-refractivity contribution in [2.24, 2.45) is 5.14 Å². The maximum absolute atomic E-state index is 12.4. The van der Waals surface area contributed by atoms with Crippen molar-refractivity contribution in [3.63, 3.8) is 0 Å². The molecule has 4 N–H and O–H groups in total. The van der Waals surface area contributed by atoms with Crippen molar-refractivity contribution in [3.8, 4) is 0 Å². The fourth-order valence-electron chi connectivity index (χ4n) is 3.35. The predicted octanol–water partition coefficient (Wildman–Crippen LogP) is 0.627. The van der Waals surface area contributed by atoms with Gasteiger partial charge in [-0.1, -0.05) is 6.07 Å². The molecule has 2 atom stereocenters. The molecule has 2 aliphatic rings. The topological polar surface area (TPSA) is 114 Å². The second-order valence-corrected chi connectivity index (χ2v) is 8.14. The van der Waals surface area contributed by atoms with E-state index in [2.05, 4.69) is 15.5 Å². The van der Waals surface area contributed by atoms with E-state index in [0.29, 0.717) is 18.9 Å². The molecule has 0 unspecified atom stereocenters. The van der Waals surface area contributed by atoms with E-state index in [1.165, 1.54) is 25.0 Å². The average Bonchev–Trinajstić information content (AvgIpc) is 3.19. The molecule has 25 heavy (non-hydrogen) atoms. The minimum Gasteiger partial charge on any atom is -0.378 e. The van der Waals surface area contributed by atoms with Crippen molar-refractivity contribution in [3.05, 3.63) is 23.8 Å². The fourth-order valence-corrected chi connectivity index (χ4v) is 3.89. The van der Waals surface area contributed by atoms with E-state index in [0.717, 1.165) is 18.7 Å². The number of carbonyl (C=O) groups is 1. The van der Waals surface area contributed by atoms with Gasteiger partial charge in [0.05, 0.1) is 30.2 Å². The number of carbonyl (C=O) groups excluding carboxylic acids is 1. The number of urea groups is 1. The van der Waals surface area contributed by atoms with Crippen molar-refractivity contribution >= 4 is 21.7 Å². The van der Waals surface area contributed by atoms with E-state index < -0.39 is 10.0 Å². The molecule has 0 radical (unpaired) electrons. The number of ether oxygens (including phenoxy) is 1. The van der Waals surface area contributed by atoms with Crippen molar-refractivity contribution in [2.45, 2.75) is 36.7 Å². The SMILES string of the molecule is Cc1ccc(S(N)(=O)=O)cc1NC(=O)N[C@H]1COC[C@@H]1N1CCCC1. The third kappa shape index (κ3) is 4.30. The second kappa shape index (κ2) is 7.28. The van der Waals surface area contributed by atoms with Crippen molar-refractivity contribution in [1.29, 1.82) is 0 Å². The van der Waals surface area contributed by atoms with E-state index in [9.17, 15) is 13.2 Å². The molecular formula is C16H24N4O4S. The van der Waals surface area contributed by atoms with Gasteiger partial charge in [0.25, 0.3) is 0 Å². The lowest BCUT2D eigenvalue weighted by atomic mass is 10.1. The van der Waals surface area contributed by atoms with Crippen LogP contribution in [-0.4, -0.2) is 57.7 Å². The summed E-state index contributed by atoms with van der Waals surface area (Å²) in [6.45, 7) is 4.94. The molecule has 0 bridgehead atoms. The number of anilines is 1. The van der Waals surface area contributed by atoms with Crippen LogP contribution in [0.1, 0.15) is 18.4 Å². The molecular weight excluding hydrogens is 344 g/mol. The molecule has 2 saturated heterocycles. The normalized spacial score (nSPS) is 24.4. The van der Waals surface area contributed by atoms with Crippen LogP contribution in [0.4, 0.5) is 10.5 Å². The summed E-state index contributed by atoms with van der Waals surface area (Å²) in [7, 11) is -3.82. The van der Waals surface area contributed by atoms with Crippen molar-refractivity contribution in [2.75, 3.05) is 31.6 Å². The van der Waals surface area contributed by atoms with Gasteiger partial charge in [0, 0.05) is 5.69 Å². The molecule has 0 aliphatic carbocycles. The Hall–Kier alpha value is -1.68. The van der Waals surface area contributed by atoms with Gasteiger partial charge >= 0.3 is 6.03 Å². The number of nitrogens with one attached hydrogen (secondary N) is 2. The Balaban J connectivity index is 1.66. The predicted molar refractivity (Wildman–Crippen MR) is 93.9 cm³/mol. The Morgan fingerprint density at radius 2 is 2.00 bits per heavy atom. The van der Waals surface area contributed by atoms with Crippen LogP contribution in [0.2, 0.25) is 0 Å². The van der Waals surface area contributed by atoms with Crippen LogP contribution < -0.4 is 15.8 Å². The molecule has 2 aliphatic heterocycles. The molecule has 138 valence electrons. The molecule has 2 heterocycles. The summed E-state index contributed by atoms with van der Waals surface area (Å²) in [6, 6.07) is 4.12. The Labute approximate surface area is 147 Å². The monoisotopic (exact) mass is 368 g/mol. The third-order valence-corrected chi connectivity index (χ3v) is 5.67. The zero-order valence-electron chi connectivity index (χ0n) is 14.2. The average molecular weight is 368 g/mol. The molecule has 1 aromatic carbocycles. The van der Waals surface area contributed by atoms with Crippen molar-refractivity contribution in [1.82, 2.24) is 10.2 Å². The number of hydrogen-bond donors (Lipinski definition) is 3. The number of rotatable bonds is 4. The van der Waals surface area contributed by atoms with Crippen LogP contribution in [0.25, 0.3) is 0 Å². The smallest absolute Gasteiger partial charge is 0.319 e. The van der Waals surface area contributed by atoms with Gasteiger partial charge in [0.1, 0.15) is 0 Å². The minimum atomic E-state index is -3.82. The van der Waals surface area contributed by atoms with Gasteiger partial charge in [-0.3, -0.25) is 4.90 Å². The summed E-state index contributed by atoms with van der Waals surface area (Å²) in [4.78, 5) is 14.7. The highest BCUT2D eigenvalue weighted by molar-refractivity contribution is 7.89. The van der Waals surface area contributed by atoms with Crippen molar-refractivity contribution < 1.29 is 17.9 Å². The lowest BCUT2D eigenvalue weighted by Gasteiger charge is -2.28. The second-order valence-electron chi connectivity index (χ2n) is 6.57. The first kappa shape index (κ1) is 18.1. The summed E-state index contributed by atoms with van der Waals surface area (Å²) in [5, 5.41) is 10.8. The molecule has 0 saturated carbocycles. The van der Waals surface area contributed by atoms with E-state index >= 15 is 0 Å². The highest BCUT2D eigenvalue weighted by Crippen LogP contribution is 2.21. The molecule has 0 aromatic heterocycles. The maximum atomic E-state index is 12.4. The summed E-state index contributed by atoms with van der Waals surface area (Å²) in [6.07, 6.45) is 2.35. The largest absolute Gasteiger partial charge is 0.378 e. The van der Waals surface area contributed by atoms with Gasteiger partial charge in [-0.05, 0) is 50.6 Å². The first-order chi connectivity index (χ1) is 11.8. The number of nitrogens with two attached hydrogens (primary N) is 1. The van der Waals surface area contributed by atoms with Crippen LogP contribution in [-0.2, 0) is 14.8 Å². The highest BCUT2D eigenvalue weighted by atomic mass is 32.2. The molecule has 3 rings (SSSR count). The van der Waals surface area contributed by atoms with Crippen LogP contribution in [0, 0.1) is 6.92 Å². The third-order valence-electron chi connectivity index (χ3n) is 4.76. The minimum absolute atomic E-state index is 0.0347. The van der Waals surface area contributed by atoms with Crippen LogP contribution in [0.15, 0.2) is 23.1 Å². The zero-order valence-corrected chi connectivity index (χ0v) is 15.0. The van der Waals surface area contributed by atoms with Crippen LogP contribution in [0.5, 0.6) is 0 Å². The van der Waals surface area contributed by atoms with E-state index in [1.54, 1.807) is 13.0 Å². The molecule has 1 aromatic rings. The number of likely N-dealkylation sites (tertiary alicyclic amines) is 1. The van der Waals surface area contributed by atoms with Gasteiger partial charge in [-0.2, -0.15) is 0 Å². The molecule has 0 spiro atoms. The number of benzene rings is 1. The summed E-state index contributed by atoms with van der Waals surface area (Å²) in [5.41, 5.74) is 1.17. The maximum Gasteiger partial charge on any atom is 0.319 e. The Bertz CT molecular complexity index is 747. The lowest BCUT2D eigenvalue weighted by molar-refractivity contribution is 0.159.